The van der Waals surface area contributed by atoms with Gasteiger partial charge >= 0.3 is 0 Å². The Morgan fingerprint density at radius 3 is 2.18 bits per heavy atom. The maximum absolute atomic E-state index is 12.1. The summed E-state index contributed by atoms with van der Waals surface area (Å²) < 4.78 is 24.2. The van der Waals surface area contributed by atoms with Crippen molar-refractivity contribution >= 4 is 5.78 Å². The zero-order valence-electron chi connectivity index (χ0n) is 6.90. The highest BCUT2D eigenvalue weighted by atomic mass is 19.3. The van der Waals surface area contributed by atoms with E-state index in [4.69, 9.17) is 0 Å². The van der Waals surface area contributed by atoms with Crippen molar-refractivity contribution in [3.63, 3.8) is 0 Å². The molecule has 0 amide bonds. The summed E-state index contributed by atoms with van der Waals surface area (Å²) in [5, 5.41) is 0. The van der Waals surface area contributed by atoms with Crippen LogP contribution in [0.1, 0.15) is 20.8 Å². The molecular weight excluding hydrogens is 150 g/mol. The largest absolute Gasteiger partial charge is 0.295 e. The monoisotopic (exact) mass is 162 g/mol. The minimum atomic E-state index is -2.88. The molecule has 1 nitrogen and oxygen atoms in total. The van der Waals surface area contributed by atoms with Crippen LogP contribution in [0.4, 0.5) is 8.78 Å². The van der Waals surface area contributed by atoms with Gasteiger partial charge in [0.2, 0.25) is 0 Å². The second-order valence-electron chi connectivity index (χ2n) is 2.85. The van der Waals surface area contributed by atoms with E-state index in [0.29, 0.717) is 6.08 Å². The van der Waals surface area contributed by atoms with Crippen LogP contribution in [0, 0.1) is 5.92 Å². The molecule has 0 fully saturated rings. The number of halogens is 2. The van der Waals surface area contributed by atoms with Gasteiger partial charge < -0.3 is 0 Å². The highest BCUT2D eigenvalue weighted by molar-refractivity contribution is 5.91. The third-order valence-corrected chi connectivity index (χ3v) is 1.11. The SMILES string of the molecule is CC(C)C(=O)/C=C/C(C)(F)F. The molecule has 0 unspecified atom stereocenters. The van der Waals surface area contributed by atoms with E-state index in [1.807, 2.05) is 0 Å². The van der Waals surface area contributed by atoms with Crippen LogP contribution in [-0.2, 0) is 4.79 Å². The smallest absolute Gasteiger partial charge is 0.264 e. The summed E-state index contributed by atoms with van der Waals surface area (Å²) >= 11 is 0. The van der Waals surface area contributed by atoms with Gasteiger partial charge in [0.05, 0.1) is 0 Å². The lowest BCUT2D eigenvalue weighted by Crippen LogP contribution is -2.08. The molecule has 0 aliphatic rings. The van der Waals surface area contributed by atoms with Gasteiger partial charge in [0.15, 0.2) is 5.78 Å². The van der Waals surface area contributed by atoms with E-state index in [2.05, 4.69) is 0 Å². The van der Waals surface area contributed by atoms with E-state index in [0.717, 1.165) is 13.0 Å². The van der Waals surface area contributed by atoms with Gasteiger partial charge in [-0.05, 0) is 12.2 Å². The molecule has 0 heterocycles. The van der Waals surface area contributed by atoms with E-state index < -0.39 is 5.92 Å². The highest BCUT2D eigenvalue weighted by Gasteiger charge is 2.16. The normalized spacial score (nSPS) is 12.9. The van der Waals surface area contributed by atoms with E-state index in [-0.39, 0.29) is 11.7 Å². The summed E-state index contributed by atoms with van der Waals surface area (Å²) in [4.78, 5) is 10.8. The number of carbonyl (C=O) groups excluding carboxylic acids is 1. The number of rotatable bonds is 3. The Bertz CT molecular complexity index is 165. The van der Waals surface area contributed by atoms with Crippen LogP contribution in [0.25, 0.3) is 0 Å². The van der Waals surface area contributed by atoms with Crippen molar-refractivity contribution < 1.29 is 13.6 Å². The van der Waals surface area contributed by atoms with E-state index in [9.17, 15) is 13.6 Å². The third kappa shape index (κ3) is 5.70. The highest BCUT2D eigenvalue weighted by Crippen LogP contribution is 2.13. The van der Waals surface area contributed by atoms with Crippen LogP contribution in [0.15, 0.2) is 12.2 Å². The average Bonchev–Trinajstić information content (AvgIpc) is 1.80. The Kier molecular flexibility index (Phi) is 3.36. The van der Waals surface area contributed by atoms with Crippen molar-refractivity contribution in [1.29, 1.82) is 0 Å². The van der Waals surface area contributed by atoms with Crippen LogP contribution in [0.3, 0.4) is 0 Å². The molecule has 0 spiro atoms. The second kappa shape index (κ2) is 3.60. The van der Waals surface area contributed by atoms with Gasteiger partial charge in [-0.25, -0.2) is 8.78 Å². The summed E-state index contributed by atoms with van der Waals surface area (Å²) in [5.74, 6) is -3.37. The molecule has 0 bridgehead atoms. The lowest BCUT2D eigenvalue weighted by atomic mass is 10.1. The van der Waals surface area contributed by atoms with Gasteiger partial charge in [0.25, 0.3) is 5.92 Å². The second-order valence-corrected chi connectivity index (χ2v) is 2.85. The zero-order valence-corrected chi connectivity index (χ0v) is 6.90. The summed E-state index contributed by atoms with van der Waals surface area (Å²) in [7, 11) is 0. The van der Waals surface area contributed by atoms with Crippen LogP contribution >= 0.6 is 0 Å². The quantitative estimate of drug-likeness (QED) is 0.582. The molecule has 0 atom stereocenters. The third-order valence-electron chi connectivity index (χ3n) is 1.11. The molecule has 0 rings (SSSR count). The first-order valence-electron chi connectivity index (χ1n) is 3.44. The number of hydrogen-bond acceptors (Lipinski definition) is 1. The van der Waals surface area contributed by atoms with Gasteiger partial charge in [-0.1, -0.05) is 13.8 Å². The minimum absolute atomic E-state index is 0.214. The summed E-state index contributed by atoms with van der Waals surface area (Å²) in [6.45, 7) is 4.08. The van der Waals surface area contributed by atoms with Crippen molar-refractivity contribution in [3.05, 3.63) is 12.2 Å². The van der Waals surface area contributed by atoms with Crippen LogP contribution in [-0.4, -0.2) is 11.7 Å². The Labute approximate surface area is 65.1 Å². The maximum Gasteiger partial charge on any atom is 0.264 e. The number of allylic oxidation sites excluding steroid dienone is 2. The molecule has 0 aromatic carbocycles. The van der Waals surface area contributed by atoms with Crippen molar-refractivity contribution in [2.45, 2.75) is 26.7 Å². The van der Waals surface area contributed by atoms with Gasteiger partial charge in [-0.2, -0.15) is 0 Å². The predicted octanol–water partition coefficient (Wildman–Crippen LogP) is 2.42. The fraction of sp³-hybridized carbons (Fsp3) is 0.625. The Morgan fingerprint density at radius 2 is 1.91 bits per heavy atom. The lowest BCUT2D eigenvalue weighted by molar-refractivity contribution is -0.117. The van der Waals surface area contributed by atoms with E-state index in [1.54, 1.807) is 13.8 Å². The van der Waals surface area contributed by atoms with Crippen molar-refractivity contribution in [2.75, 3.05) is 0 Å². The fourth-order valence-corrected chi connectivity index (χ4v) is 0.421. The summed E-state index contributed by atoms with van der Waals surface area (Å²) in [5.41, 5.74) is 0. The van der Waals surface area contributed by atoms with Crippen LogP contribution in [0.2, 0.25) is 0 Å². The summed E-state index contributed by atoms with van der Waals surface area (Å²) in [6.07, 6.45) is 1.56. The number of carbonyl (C=O) groups is 1. The molecule has 0 aromatic rings. The fourth-order valence-electron chi connectivity index (χ4n) is 0.421. The number of ketones is 1. The molecule has 0 radical (unpaired) electrons. The molecule has 0 aliphatic heterocycles. The van der Waals surface area contributed by atoms with Gasteiger partial charge in [0, 0.05) is 12.8 Å². The first-order chi connectivity index (χ1) is 4.83. The lowest BCUT2D eigenvalue weighted by Gasteiger charge is -2.02. The minimum Gasteiger partial charge on any atom is -0.295 e. The first kappa shape index (κ1) is 10.3. The van der Waals surface area contributed by atoms with Crippen molar-refractivity contribution in [1.82, 2.24) is 0 Å². The molecule has 0 aliphatic carbocycles. The zero-order chi connectivity index (χ0) is 9.07. The van der Waals surface area contributed by atoms with Gasteiger partial charge in [0.1, 0.15) is 0 Å². The van der Waals surface area contributed by atoms with Gasteiger partial charge in [-0.3, -0.25) is 4.79 Å². The van der Waals surface area contributed by atoms with Crippen molar-refractivity contribution in [2.24, 2.45) is 5.92 Å². The molecule has 3 heteroatoms. The van der Waals surface area contributed by atoms with Gasteiger partial charge in [-0.15, -0.1) is 0 Å². The Hall–Kier alpha value is -0.730. The molecule has 0 N–H and O–H groups in total. The molecule has 0 saturated heterocycles. The average molecular weight is 162 g/mol. The van der Waals surface area contributed by atoms with Crippen LogP contribution < -0.4 is 0 Å². The van der Waals surface area contributed by atoms with E-state index in [1.165, 1.54) is 0 Å². The van der Waals surface area contributed by atoms with E-state index >= 15 is 0 Å². The Morgan fingerprint density at radius 1 is 1.45 bits per heavy atom. The Balaban J connectivity index is 4.05. The standard InChI is InChI=1S/C8H12F2O/c1-6(2)7(11)4-5-8(3,9)10/h4-6H,1-3H3/b5-4+. The molecule has 11 heavy (non-hydrogen) atoms. The molecule has 0 aromatic heterocycles. The number of hydrogen-bond donors (Lipinski definition) is 0. The molecule has 64 valence electrons. The topological polar surface area (TPSA) is 17.1 Å². The maximum atomic E-state index is 12.1. The molecular formula is C8H12F2O. The number of alkyl halides is 2. The molecule has 0 saturated carbocycles. The first-order valence-corrected chi connectivity index (χ1v) is 3.44. The van der Waals surface area contributed by atoms with Crippen molar-refractivity contribution in [3.8, 4) is 0 Å². The van der Waals surface area contributed by atoms with Crippen LogP contribution in [0.5, 0.6) is 0 Å². The predicted molar refractivity (Wildman–Crippen MR) is 39.6 cm³/mol. The summed E-state index contributed by atoms with van der Waals surface area (Å²) in [6, 6.07) is 0.